The molecular formula is C13H17NO5S. The number of aliphatic hydroxyl groups is 2. The fraction of sp³-hybridized carbons (Fsp3) is 0.462. The van der Waals surface area contributed by atoms with E-state index in [4.69, 9.17) is 0 Å². The fourth-order valence-corrected chi connectivity index (χ4v) is 2.20. The highest BCUT2D eigenvalue weighted by Crippen LogP contribution is 2.21. The summed E-state index contributed by atoms with van der Waals surface area (Å²) in [6.07, 6.45) is 0.753. The molecule has 0 aliphatic rings. The predicted molar refractivity (Wildman–Crippen MR) is 74.3 cm³/mol. The Labute approximate surface area is 121 Å². The van der Waals surface area contributed by atoms with Crippen LogP contribution in [-0.2, 0) is 9.53 Å². The molecule has 0 aromatic carbocycles. The van der Waals surface area contributed by atoms with Crippen molar-refractivity contribution in [2.45, 2.75) is 25.6 Å². The van der Waals surface area contributed by atoms with Gasteiger partial charge in [-0.1, -0.05) is 11.8 Å². The van der Waals surface area contributed by atoms with Crippen molar-refractivity contribution in [1.82, 2.24) is 4.98 Å². The second-order valence-electron chi connectivity index (χ2n) is 4.14. The lowest BCUT2D eigenvalue weighted by molar-refractivity contribution is -0.109. The number of hydrogen-bond acceptors (Lipinski definition) is 7. The first-order chi connectivity index (χ1) is 9.45. The maximum absolute atomic E-state index is 11.4. The highest BCUT2D eigenvalue weighted by atomic mass is 32.2. The summed E-state index contributed by atoms with van der Waals surface area (Å²) in [5.41, 5.74) is 0.530. The number of rotatable bonds is 6. The van der Waals surface area contributed by atoms with E-state index < -0.39 is 18.2 Å². The second-order valence-corrected chi connectivity index (χ2v) is 5.41. The number of hydrogen-bond donors (Lipinski definition) is 2. The molecule has 0 bridgehead atoms. The van der Waals surface area contributed by atoms with Crippen molar-refractivity contribution in [1.29, 1.82) is 0 Å². The number of carbonyl (C=O) groups is 2. The molecule has 7 heteroatoms. The molecule has 1 aromatic rings. The van der Waals surface area contributed by atoms with Crippen LogP contribution in [0.2, 0.25) is 0 Å². The fourth-order valence-electron chi connectivity index (χ4n) is 1.55. The average molecular weight is 299 g/mol. The van der Waals surface area contributed by atoms with E-state index >= 15 is 0 Å². The lowest BCUT2D eigenvalue weighted by Crippen LogP contribution is -2.20. The van der Waals surface area contributed by atoms with Gasteiger partial charge in [-0.2, -0.15) is 0 Å². The Bertz CT molecular complexity index is 480. The molecule has 0 radical (unpaired) electrons. The molecule has 2 unspecified atom stereocenters. The second kappa shape index (κ2) is 7.98. The van der Waals surface area contributed by atoms with E-state index in [-0.39, 0.29) is 17.1 Å². The van der Waals surface area contributed by atoms with Crippen LogP contribution in [0.1, 0.15) is 35.4 Å². The molecule has 0 spiro atoms. The summed E-state index contributed by atoms with van der Waals surface area (Å²) in [6, 6.07) is 1.42. The number of nitrogens with zero attached hydrogens (tertiary/aromatic N) is 1. The van der Waals surface area contributed by atoms with Crippen molar-refractivity contribution >= 4 is 22.8 Å². The molecule has 0 saturated heterocycles. The van der Waals surface area contributed by atoms with Gasteiger partial charge in [-0.15, -0.1) is 0 Å². The Morgan fingerprint density at radius 2 is 2.10 bits per heavy atom. The lowest BCUT2D eigenvalue weighted by Gasteiger charge is -2.17. The van der Waals surface area contributed by atoms with E-state index in [0.717, 1.165) is 11.8 Å². The average Bonchev–Trinajstić information content (AvgIpc) is 2.45. The van der Waals surface area contributed by atoms with Crippen molar-refractivity contribution in [2.75, 3.05) is 12.9 Å². The van der Waals surface area contributed by atoms with Crippen LogP contribution in [0.5, 0.6) is 0 Å². The van der Waals surface area contributed by atoms with Gasteiger partial charge in [0.15, 0.2) is 5.12 Å². The van der Waals surface area contributed by atoms with Crippen LogP contribution in [0.25, 0.3) is 0 Å². The van der Waals surface area contributed by atoms with Gasteiger partial charge in [0.1, 0.15) is 6.10 Å². The number of esters is 1. The van der Waals surface area contributed by atoms with Crippen LogP contribution in [0, 0.1) is 0 Å². The Morgan fingerprint density at radius 1 is 1.40 bits per heavy atom. The Kier molecular flexibility index (Phi) is 6.63. The topological polar surface area (TPSA) is 96.7 Å². The summed E-state index contributed by atoms with van der Waals surface area (Å²) in [5.74, 6) is -0.148. The van der Waals surface area contributed by atoms with E-state index in [0.29, 0.717) is 11.3 Å². The zero-order valence-electron chi connectivity index (χ0n) is 11.3. The standard InChI is InChI=1S/C13H17NO5S/c1-8(15)20-4-3-11(16)12(17)9-5-10(7-14-6-9)13(18)19-2/h5-7,11-12,16-17H,3-4H2,1-2H3. The normalized spacial score (nSPS) is 13.6. The smallest absolute Gasteiger partial charge is 0.339 e. The third-order valence-electron chi connectivity index (χ3n) is 2.61. The third-order valence-corrected chi connectivity index (χ3v) is 3.45. The number of pyridine rings is 1. The summed E-state index contributed by atoms with van der Waals surface area (Å²) >= 11 is 1.08. The van der Waals surface area contributed by atoms with Gasteiger partial charge in [0.25, 0.3) is 0 Å². The monoisotopic (exact) mass is 299 g/mol. The maximum atomic E-state index is 11.4. The zero-order valence-corrected chi connectivity index (χ0v) is 12.1. The van der Waals surface area contributed by atoms with Gasteiger partial charge in [-0.05, 0) is 12.5 Å². The zero-order chi connectivity index (χ0) is 15.1. The van der Waals surface area contributed by atoms with E-state index in [1.54, 1.807) is 0 Å². The third kappa shape index (κ3) is 4.92. The van der Waals surface area contributed by atoms with Gasteiger partial charge in [0, 0.05) is 30.6 Å². The predicted octanol–water partition coefficient (Wildman–Crippen LogP) is 0.932. The molecule has 2 N–H and O–H groups in total. The first-order valence-electron chi connectivity index (χ1n) is 5.98. The highest BCUT2D eigenvalue weighted by molar-refractivity contribution is 8.13. The number of thioether (sulfide) groups is 1. The van der Waals surface area contributed by atoms with Gasteiger partial charge >= 0.3 is 5.97 Å². The van der Waals surface area contributed by atoms with Crippen molar-refractivity contribution in [3.63, 3.8) is 0 Å². The van der Waals surface area contributed by atoms with E-state index in [9.17, 15) is 19.8 Å². The molecule has 6 nitrogen and oxygen atoms in total. The summed E-state index contributed by atoms with van der Waals surface area (Å²) < 4.78 is 4.56. The number of carbonyl (C=O) groups excluding carboxylic acids is 2. The summed E-state index contributed by atoms with van der Waals surface area (Å²) in [7, 11) is 1.25. The first kappa shape index (κ1) is 16.6. The molecule has 1 heterocycles. The van der Waals surface area contributed by atoms with Crippen LogP contribution in [0.4, 0.5) is 0 Å². The summed E-state index contributed by atoms with van der Waals surface area (Å²) in [5, 5.41) is 19.8. The molecule has 1 rings (SSSR count). The SMILES string of the molecule is COC(=O)c1cncc(C(O)C(O)CCSC(C)=O)c1. The van der Waals surface area contributed by atoms with E-state index in [2.05, 4.69) is 9.72 Å². The Balaban J connectivity index is 2.68. The van der Waals surface area contributed by atoms with E-state index in [1.807, 2.05) is 0 Å². The maximum Gasteiger partial charge on any atom is 0.339 e. The molecule has 20 heavy (non-hydrogen) atoms. The number of ether oxygens (including phenoxy) is 1. The van der Waals surface area contributed by atoms with Gasteiger partial charge in [0.2, 0.25) is 0 Å². The minimum Gasteiger partial charge on any atom is -0.465 e. The van der Waals surface area contributed by atoms with Crippen molar-refractivity contribution in [2.24, 2.45) is 0 Å². The van der Waals surface area contributed by atoms with Crippen molar-refractivity contribution < 1.29 is 24.5 Å². The van der Waals surface area contributed by atoms with Gasteiger partial charge in [-0.25, -0.2) is 4.79 Å². The summed E-state index contributed by atoms with van der Waals surface area (Å²) in [6.45, 7) is 1.44. The quantitative estimate of drug-likeness (QED) is 0.754. The molecule has 0 aliphatic carbocycles. The minimum atomic E-state index is -1.17. The Morgan fingerprint density at radius 3 is 2.70 bits per heavy atom. The Hall–Kier alpha value is -1.44. The highest BCUT2D eigenvalue weighted by Gasteiger charge is 2.20. The number of aliphatic hydroxyl groups excluding tert-OH is 2. The van der Waals surface area contributed by atoms with Gasteiger partial charge in [-0.3, -0.25) is 9.78 Å². The lowest BCUT2D eigenvalue weighted by atomic mass is 10.0. The molecule has 0 amide bonds. The van der Waals surface area contributed by atoms with E-state index in [1.165, 1.54) is 32.5 Å². The first-order valence-corrected chi connectivity index (χ1v) is 6.97. The molecule has 0 fully saturated rings. The largest absolute Gasteiger partial charge is 0.465 e. The van der Waals surface area contributed by atoms with Crippen LogP contribution in [-0.4, -0.2) is 45.2 Å². The van der Waals surface area contributed by atoms with Crippen molar-refractivity contribution in [3.05, 3.63) is 29.6 Å². The number of methoxy groups -OCH3 is 1. The molecule has 0 aliphatic heterocycles. The van der Waals surface area contributed by atoms with Gasteiger partial charge in [0.05, 0.1) is 18.8 Å². The van der Waals surface area contributed by atoms with Crippen LogP contribution in [0.15, 0.2) is 18.5 Å². The van der Waals surface area contributed by atoms with Crippen LogP contribution < -0.4 is 0 Å². The summed E-state index contributed by atoms with van der Waals surface area (Å²) in [4.78, 5) is 26.0. The molecule has 2 atom stereocenters. The molecule has 0 saturated carbocycles. The number of aromatic nitrogens is 1. The molecule has 1 aromatic heterocycles. The van der Waals surface area contributed by atoms with Crippen molar-refractivity contribution in [3.8, 4) is 0 Å². The molecular weight excluding hydrogens is 282 g/mol. The van der Waals surface area contributed by atoms with Crippen LogP contribution in [0.3, 0.4) is 0 Å². The molecule has 110 valence electrons. The van der Waals surface area contributed by atoms with Crippen LogP contribution >= 0.6 is 11.8 Å². The minimum absolute atomic E-state index is 0.0407. The van der Waals surface area contributed by atoms with Gasteiger partial charge < -0.3 is 14.9 Å².